The van der Waals surface area contributed by atoms with Crippen LogP contribution in [0.15, 0.2) is 12.4 Å². The molecule has 1 heterocycles. The van der Waals surface area contributed by atoms with Crippen LogP contribution < -0.4 is 5.73 Å². The Morgan fingerprint density at radius 3 is 2.84 bits per heavy atom. The van der Waals surface area contributed by atoms with Crippen LogP contribution in [-0.4, -0.2) is 40.4 Å². The number of nitrogens with two attached hydrogens (primary N) is 1. The summed E-state index contributed by atoms with van der Waals surface area (Å²) in [6.07, 6.45) is 10.6. The van der Waals surface area contributed by atoms with E-state index in [9.17, 15) is 0 Å². The van der Waals surface area contributed by atoms with Gasteiger partial charge in [-0.3, -0.25) is 4.68 Å². The lowest BCUT2D eigenvalue weighted by atomic mass is 9.83. The maximum Gasteiger partial charge on any atom is 0.0522 e. The predicted molar refractivity (Wildman–Crippen MR) is 79.0 cm³/mol. The highest BCUT2D eigenvalue weighted by atomic mass is 15.2. The number of aromatic nitrogens is 2. The fourth-order valence-electron chi connectivity index (χ4n) is 3.38. The number of likely N-dealkylation sites (N-methyl/N-ethyl adjacent to an activating group) is 1. The molecule has 0 radical (unpaired) electrons. The second kappa shape index (κ2) is 7.06. The van der Waals surface area contributed by atoms with Crippen molar-refractivity contribution in [3.05, 3.63) is 18.0 Å². The number of aryl methyl sites for hydroxylation is 1. The summed E-state index contributed by atoms with van der Waals surface area (Å²) in [5.41, 5.74) is 7.29. The fourth-order valence-corrected chi connectivity index (χ4v) is 3.38. The molecule has 2 rings (SSSR count). The van der Waals surface area contributed by atoms with E-state index in [0.29, 0.717) is 12.0 Å². The lowest BCUT2D eigenvalue weighted by molar-refractivity contribution is 0.113. The first-order valence-electron chi connectivity index (χ1n) is 7.66. The lowest BCUT2D eigenvalue weighted by Crippen LogP contribution is -2.45. The van der Waals surface area contributed by atoms with E-state index in [1.165, 1.54) is 31.2 Å². The predicted octanol–water partition coefficient (Wildman–Crippen LogP) is 1.80. The van der Waals surface area contributed by atoms with Crippen molar-refractivity contribution in [1.29, 1.82) is 0 Å². The molecule has 1 saturated carbocycles. The largest absolute Gasteiger partial charge is 0.330 e. The van der Waals surface area contributed by atoms with Crippen molar-refractivity contribution in [1.82, 2.24) is 14.7 Å². The molecule has 1 aromatic rings. The molecule has 0 aromatic carbocycles. The SMILES string of the molecule is CCN(CCc1cnn(C)c1)C1CCCCC1CN. The number of rotatable bonds is 6. The number of hydrogen-bond donors (Lipinski definition) is 1. The average Bonchev–Trinajstić information content (AvgIpc) is 2.86. The third-order valence-corrected chi connectivity index (χ3v) is 4.49. The summed E-state index contributed by atoms with van der Waals surface area (Å²) in [6, 6.07) is 0.695. The molecule has 1 aromatic heterocycles. The van der Waals surface area contributed by atoms with Crippen molar-refractivity contribution in [2.24, 2.45) is 18.7 Å². The molecule has 2 unspecified atom stereocenters. The Labute approximate surface area is 117 Å². The molecule has 0 amide bonds. The molecule has 108 valence electrons. The summed E-state index contributed by atoms with van der Waals surface area (Å²) in [7, 11) is 1.98. The van der Waals surface area contributed by atoms with Crippen molar-refractivity contribution in [3.8, 4) is 0 Å². The maximum atomic E-state index is 5.96. The molecule has 0 aliphatic heterocycles. The van der Waals surface area contributed by atoms with Gasteiger partial charge in [0.05, 0.1) is 6.20 Å². The van der Waals surface area contributed by atoms with Gasteiger partial charge in [-0.15, -0.1) is 0 Å². The van der Waals surface area contributed by atoms with Gasteiger partial charge >= 0.3 is 0 Å². The summed E-state index contributed by atoms with van der Waals surface area (Å²) < 4.78 is 1.88. The zero-order valence-electron chi connectivity index (χ0n) is 12.4. The van der Waals surface area contributed by atoms with Gasteiger partial charge in [-0.2, -0.15) is 5.10 Å². The fraction of sp³-hybridized carbons (Fsp3) is 0.800. The number of nitrogens with zero attached hydrogens (tertiary/aromatic N) is 3. The third-order valence-electron chi connectivity index (χ3n) is 4.49. The Balaban J connectivity index is 1.91. The lowest BCUT2D eigenvalue weighted by Gasteiger charge is -2.39. The second-order valence-electron chi connectivity index (χ2n) is 5.75. The van der Waals surface area contributed by atoms with E-state index in [4.69, 9.17) is 5.73 Å². The number of hydrogen-bond acceptors (Lipinski definition) is 3. The highest BCUT2D eigenvalue weighted by molar-refractivity contribution is 5.04. The van der Waals surface area contributed by atoms with Crippen molar-refractivity contribution in [2.75, 3.05) is 19.6 Å². The minimum absolute atomic E-state index is 0.695. The van der Waals surface area contributed by atoms with Crippen molar-refractivity contribution >= 4 is 0 Å². The molecule has 1 aliphatic rings. The Kier molecular flexibility index (Phi) is 5.40. The highest BCUT2D eigenvalue weighted by Crippen LogP contribution is 2.27. The molecule has 0 bridgehead atoms. The van der Waals surface area contributed by atoms with E-state index in [0.717, 1.165) is 26.1 Å². The first-order chi connectivity index (χ1) is 9.24. The van der Waals surface area contributed by atoms with Crippen LogP contribution in [0.1, 0.15) is 38.2 Å². The molecule has 2 atom stereocenters. The van der Waals surface area contributed by atoms with Gasteiger partial charge in [-0.05, 0) is 43.8 Å². The van der Waals surface area contributed by atoms with E-state index in [1.54, 1.807) is 0 Å². The van der Waals surface area contributed by atoms with E-state index in [2.05, 4.69) is 23.1 Å². The molecule has 1 fully saturated rings. The first kappa shape index (κ1) is 14.5. The van der Waals surface area contributed by atoms with Crippen LogP contribution in [0.4, 0.5) is 0 Å². The van der Waals surface area contributed by atoms with E-state index in [1.807, 2.05) is 17.9 Å². The van der Waals surface area contributed by atoms with Gasteiger partial charge in [-0.1, -0.05) is 19.8 Å². The van der Waals surface area contributed by atoms with Crippen molar-refractivity contribution < 1.29 is 0 Å². The monoisotopic (exact) mass is 264 g/mol. The first-order valence-corrected chi connectivity index (χ1v) is 7.66. The van der Waals surface area contributed by atoms with Crippen LogP contribution in [-0.2, 0) is 13.5 Å². The van der Waals surface area contributed by atoms with Gasteiger partial charge in [0.25, 0.3) is 0 Å². The van der Waals surface area contributed by atoms with Crippen LogP contribution in [0.25, 0.3) is 0 Å². The Morgan fingerprint density at radius 1 is 1.42 bits per heavy atom. The quantitative estimate of drug-likeness (QED) is 0.852. The van der Waals surface area contributed by atoms with Crippen LogP contribution in [0.2, 0.25) is 0 Å². The summed E-state index contributed by atoms with van der Waals surface area (Å²) in [5, 5.41) is 4.24. The maximum absolute atomic E-state index is 5.96. The third kappa shape index (κ3) is 3.80. The van der Waals surface area contributed by atoms with E-state index < -0.39 is 0 Å². The van der Waals surface area contributed by atoms with Crippen molar-refractivity contribution in [3.63, 3.8) is 0 Å². The van der Waals surface area contributed by atoms with E-state index >= 15 is 0 Å². The van der Waals surface area contributed by atoms with Crippen LogP contribution >= 0.6 is 0 Å². The molecule has 4 nitrogen and oxygen atoms in total. The standard InChI is InChI=1S/C15H28N4/c1-3-19(9-8-13-11-17-18(2)12-13)15-7-5-4-6-14(15)10-16/h11-12,14-15H,3-10,16H2,1-2H3. The average molecular weight is 264 g/mol. The van der Waals surface area contributed by atoms with Crippen LogP contribution in [0.5, 0.6) is 0 Å². The zero-order valence-corrected chi connectivity index (χ0v) is 12.4. The molecule has 0 spiro atoms. The van der Waals surface area contributed by atoms with Crippen molar-refractivity contribution in [2.45, 2.75) is 45.1 Å². The Bertz CT molecular complexity index is 374. The van der Waals surface area contributed by atoms with Gasteiger partial charge in [-0.25, -0.2) is 0 Å². The molecule has 2 N–H and O–H groups in total. The summed E-state index contributed by atoms with van der Waals surface area (Å²) in [6.45, 7) is 5.37. The summed E-state index contributed by atoms with van der Waals surface area (Å²) in [5.74, 6) is 0.697. The molecule has 0 saturated heterocycles. The minimum atomic E-state index is 0.695. The Morgan fingerprint density at radius 2 is 2.21 bits per heavy atom. The zero-order chi connectivity index (χ0) is 13.7. The van der Waals surface area contributed by atoms with Gasteiger partial charge in [0.15, 0.2) is 0 Å². The van der Waals surface area contributed by atoms with Crippen LogP contribution in [0, 0.1) is 5.92 Å². The molecule has 19 heavy (non-hydrogen) atoms. The van der Waals surface area contributed by atoms with Gasteiger partial charge in [0.2, 0.25) is 0 Å². The molecule has 1 aliphatic carbocycles. The second-order valence-corrected chi connectivity index (χ2v) is 5.75. The molecular weight excluding hydrogens is 236 g/mol. The van der Waals surface area contributed by atoms with Gasteiger partial charge in [0, 0.05) is 25.8 Å². The smallest absolute Gasteiger partial charge is 0.0522 e. The van der Waals surface area contributed by atoms with E-state index in [-0.39, 0.29) is 0 Å². The summed E-state index contributed by atoms with van der Waals surface area (Å²) in [4.78, 5) is 2.63. The Hall–Kier alpha value is -0.870. The molecular formula is C15H28N4. The van der Waals surface area contributed by atoms with Gasteiger partial charge < -0.3 is 10.6 Å². The topological polar surface area (TPSA) is 47.1 Å². The summed E-state index contributed by atoms with van der Waals surface area (Å²) >= 11 is 0. The van der Waals surface area contributed by atoms with Gasteiger partial charge in [0.1, 0.15) is 0 Å². The molecule has 4 heteroatoms. The minimum Gasteiger partial charge on any atom is -0.330 e. The highest BCUT2D eigenvalue weighted by Gasteiger charge is 2.28. The van der Waals surface area contributed by atoms with Crippen LogP contribution in [0.3, 0.4) is 0 Å². The normalized spacial score (nSPS) is 24.0.